The Morgan fingerprint density at radius 1 is 0.947 bits per heavy atom. The molecule has 0 heterocycles. The fourth-order valence-corrected chi connectivity index (χ4v) is 3.93. The molecule has 0 saturated carbocycles. The van der Waals surface area contributed by atoms with Crippen LogP contribution in [0, 0.1) is 0 Å². The van der Waals surface area contributed by atoms with E-state index in [1.807, 2.05) is 27.7 Å². The number of ether oxygens (including phenoxy) is 1. The predicted molar refractivity (Wildman–Crippen MR) is 74.8 cm³/mol. The van der Waals surface area contributed by atoms with Crippen LogP contribution in [0.15, 0.2) is 10.2 Å². The van der Waals surface area contributed by atoms with Crippen LogP contribution in [-0.2, 0) is 9.16 Å². The van der Waals surface area contributed by atoms with Gasteiger partial charge >= 0.3 is 12.2 Å². The summed E-state index contributed by atoms with van der Waals surface area (Å²) in [6, 6.07) is 2.51. The molecule has 19 heavy (non-hydrogen) atoms. The van der Waals surface area contributed by atoms with Gasteiger partial charge in [-0.05, 0) is 24.6 Å². The summed E-state index contributed by atoms with van der Waals surface area (Å²) in [6.45, 7) is 8.28. The molecule has 6 nitrogen and oxygen atoms in total. The fourth-order valence-electron chi connectivity index (χ4n) is 1.59. The number of carbonyl (C=O) groups excluding carboxylic acids is 2. The molecule has 7 heteroatoms. The predicted octanol–water partition coefficient (Wildman–Crippen LogP) is 4.52. The molecular weight excluding hydrogens is 264 g/mol. The number of carbonyl (C=O) groups is 2. The van der Waals surface area contributed by atoms with Crippen molar-refractivity contribution in [1.29, 1.82) is 0 Å². The molecule has 0 N–H and O–H groups in total. The minimum Gasteiger partial charge on any atom is -0.501 e. The van der Waals surface area contributed by atoms with Crippen molar-refractivity contribution in [2.45, 2.75) is 58.7 Å². The first-order valence-electron chi connectivity index (χ1n) is 6.85. The Kier molecular flexibility index (Phi) is 9.02. The van der Waals surface area contributed by atoms with Crippen LogP contribution in [-0.4, -0.2) is 27.1 Å². The Morgan fingerprint density at radius 3 is 1.95 bits per heavy atom. The van der Waals surface area contributed by atoms with Gasteiger partial charge in [-0.1, -0.05) is 44.3 Å². The van der Waals surface area contributed by atoms with Gasteiger partial charge < -0.3 is 9.16 Å². The smallest absolute Gasteiger partial charge is 0.452 e. The van der Waals surface area contributed by atoms with Crippen LogP contribution in [0.2, 0.25) is 18.1 Å². The largest absolute Gasteiger partial charge is 0.501 e. The zero-order valence-electron chi connectivity index (χ0n) is 12.3. The summed E-state index contributed by atoms with van der Waals surface area (Å²) in [5, 5.41) is 6.45. The van der Waals surface area contributed by atoms with E-state index in [1.54, 1.807) is 0 Å². The van der Waals surface area contributed by atoms with Gasteiger partial charge in [0.2, 0.25) is 0 Å². The highest BCUT2D eigenvalue weighted by Crippen LogP contribution is 2.22. The monoisotopic (exact) mass is 288 g/mol. The Balaban J connectivity index is 4.25. The second kappa shape index (κ2) is 9.66. The van der Waals surface area contributed by atoms with Gasteiger partial charge in [-0.25, -0.2) is 9.59 Å². The fraction of sp³-hybridized carbons (Fsp3) is 0.833. The van der Waals surface area contributed by atoms with E-state index in [2.05, 4.69) is 10.2 Å². The zero-order valence-corrected chi connectivity index (χ0v) is 13.3. The maximum absolute atomic E-state index is 11.5. The number of azo groups is 1. The standard InChI is InChI=1S/C12H24N2O4Si/c1-5-9-10-17-11(15)13-14-12(16)18-19(6-2,7-3)8-4/h5-10H2,1-4H3. The normalized spacial score (nSPS) is 11.6. The summed E-state index contributed by atoms with van der Waals surface area (Å²) in [5.74, 6) is 0. The van der Waals surface area contributed by atoms with E-state index in [1.165, 1.54) is 0 Å². The Hall–Kier alpha value is -1.24. The van der Waals surface area contributed by atoms with Gasteiger partial charge in [0.1, 0.15) is 0 Å². The topological polar surface area (TPSA) is 77.3 Å². The Labute approximate surface area is 115 Å². The first-order valence-corrected chi connectivity index (χ1v) is 9.38. The third-order valence-corrected chi connectivity index (χ3v) is 7.65. The molecule has 0 radical (unpaired) electrons. The molecule has 0 aromatic carbocycles. The van der Waals surface area contributed by atoms with Crippen LogP contribution < -0.4 is 0 Å². The van der Waals surface area contributed by atoms with Crippen LogP contribution in [0.1, 0.15) is 40.5 Å². The third-order valence-electron chi connectivity index (χ3n) is 3.17. The zero-order chi connectivity index (χ0) is 14.7. The quantitative estimate of drug-likeness (QED) is 0.392. The van der Waals surface area contributed by atoms with Crippen LogP contribution in [0.4, 0.5) is 9.59 Å². The molecular formula is C12H24N2O4Si. The maximum atomic E-state index is 11.5. The second-order valence-electron chi connectivity index (χ2n) is 4.28. The lowest BCUT2D eigenvalue weighted by atomic mass is 10.4. The lowest BCUT2D eigenvalue weighted by Crippen LogP contribution is -2.37. The number of rotatable bonds is 7. The first-order chi connectivity index (χ1) is 9.03. The highest BCUT2D eigenvalue weighted by molar-refractivity contribution is 6.74. The van der Waals surface area contributed by atoms with Crippen LogP contribution >= 0.6 is 0 Å². The lowest BCUT2D eigenvalue weighted by Gasteiger charge is -2.25. The van der Waals surface area contributed by atoms with Crippen molar-refractivity contribution >= 4 is 20.5 Å². The van der Waals surface area contributed by atoms with Crippen molar-refractivity contribution in [1.82, 2.24) is 0 Å². The van der Waals surface area contributed by atoms with Gasteiger partial charge in [0, 0.05) is 0 Å². The van der Waals surface area contributed by atoms with E-state index in [9.17, 15) is 9.59 Å². The molecule has 0 rings (SSSR count). The van der Waals surface area contributed by atoms with E-state index < -0.39 is 20.5 Å². The summed E-state index contributed by atoms with van der Waals surface area (Å²) in [6.07, 6.45) is 0.0552. The van der Waals surface area contributed by atoms with E-state index in [0.717, 1.165) is 31.0 Å². The maximum Gasteiger partial charge on any atom is 0.452 e. The van der Waals surface area contributed by atoms with E-state index in [4.69, 9.17) is 9.16 Å². The summed E-state index contributed by atoms with van der Waals surface area (Å²) in [4.78, 5) is 22.6. The van der Waals surface area contributed by atoms with Crippen molar-refractivity contribution in [3.8, 4) is 0 Å². The summed E-state index contributed by atoms with van der Waals surface area (Å²) >= 11 is 0. The molecule has 0 aromatic heterocycles. The summed E-state index contributed by atoms with van der Waals surface area (Å²) in [7, 11) is -2.04. The van der Waals surface area contributed by atoms with Crippen LogP contribution in [0.25, 0.3) is 0 Å². The molecule has 0 spiro atoms. The van der Waals surface area contributed by atoms with Crippen molar-refractivity contribution in [2.75, 3.05) is 6.61 Å². The van der Waals surface area contributed by atoms with Crippen LogP contribution in [0.5, 0.6) is 0 Å². The minimum atomic E-state index is -2.04. The average molecular weight is 288 g/mol. The molecule has 110 valence electrons. The van der Waals surface area contributed by atoms with Gasteiger partial charge in [-0.2, -0.15) is 0 Å². The highest BCUT2D eigenvalue weighted by atomic mass is 28.4. The van der Waals surface area contributed by atoms with Gasteiger partial charge in [0.05, 0.1) is 6.61 Å². The van der Waals surface area contributed by atoms with Crippen molar-refractivity contribution < 1.29 is 18.8 Å². The number of hydrogen-bond acceptors (Lipinski definition) is 4. The van der Waals surface area contributed by atoms with Crippen molar-refractivity contribution in [3.63, 3.8) is 0 Å². The number of nitrogens with zero attached hydrogens (tertiary/aromatic N) is 2. The number of unbranched alkanes of at least 4 members (excludes halogenated alkanes) is 1. The van der Waals surface area contributed by atoms with Gasteiger partial charge in [-0.15, -0.1) is 0 Å². The molecule has 2 amide bonds. The first kappa shape index (κ1) is 17.8. The van der Waals surface area contributed by atoms with E-state index in [0.29, 0.717) is 6.61 Å². The Morgan fingerprint density at radius 2 is 1.47 bits per heavy atom. The summed E-state index contributed by atoms with van der Waals surface area (Å²) < 4.78 is 10.1. The lowest BCUT2D eigenvalue weighted by molar-refractivity contribution is 0.152. The van der Waals surface area contributed by atoms with Crippen LogP contribution in [0.3, 0.4) is 0 Å². The Bertz CT molecular complexity index is 309. The SMILES string of the molecule is CCCCOC(=O)N=NC(=O)O[Si](CC)(CC)CC. The highest BCUT2D eigenvalue weighted by Gasteiger charge is 2.32. The van der Waals surface area contributed by atoms with E-state index >= 15 is 0 Å². The third kappa shape index (κ3) is 7.05. The minimum absolute atomic E-state index is 0.293. The van der Waals surface area contributed by atoms with E-state index in [-0.39, 0.29) is 0 Å². The number of hydrogen-bond donors (Lipinski definition) is 0. The second-order valence-corrected chi connectivity index (χ2v) is 8.97. The van der Waals surface area contributed by atoms with Crippen molar-refractivity contribution in [3.05, 3.63) is 0 Å². The molecule has 0 atom stereocenters. The molecule has 0 aliphatic heterocycles. The average Bonchev–Trinajstić information content (AvgIpc) is 2.43. The van der Waals surface area contributed by atoms with Gasteiger partial charge in [0.25, 0.3) is 8.32 Å². The molecule has 0 fully saturated rings. The number of amides is 2. The van der Waals surface area contributed by atoms with Crippen molar-refractivity contribution in [2.24, 2.45) is 10.2 Å². The molecule has 0 aromatic rings. The summed E-state index contributed by atoms with van der Waals surface area (Å²) in [5.41, 5.74) is 0. The molecule has 0 unspecified atom stereocenters. The van der Waals surface area contributed by atoms with Gasteiger partial charge in [0.15, 0.2) is 0 Å². The van der Waals surface area contributed by atoms with Gasteiger partial charge in [-0.3, -0.25) is 0 Å². The molecule has 0 aliphatic carbocycles. The molecule has 0 bridgehead atoms. The molecule has 0 aliphatic rings. The molecule has 0 saturated heterocycles.